The maximum absolute atomic E-state index is 13.4. The number of aryl methyl sites for hydroxylation is 1. The van der Waals surface area contributed by atoms with Crippen LogP contribution in [0.4, 0.5) is 4.39 Å². The smallest absolute Gasteiger partial charge is 0.295 e. The molecule has 23 heavy (non-hydrogen) atoms. The van der Waals surface area contributed by atoms with Crippen molar-refractivity contribution in [3.63, 3.8) is 0 Å². The zero-order valence-corrected chi connectivity index (χ0v) is 13.1. The molecule has 1 aromatic heterocycles. The maximum Gasteiger partial charge on any atom is 0.295 e. The van der Waals surface area contributed by atoms with Crippen LogP contribution in [0.15, 0.2) is 30.6 Å². The number of carbonyl (C=O) groups is 2. The number of ketones is 1. The summed E-state index contributed by atoms with van der Waals surface area (Å²) < 4.78 is 15.0. The lowest BCUT2D eigenvalue weighted by Gasteiger charge is -2.34. The van der Waals surface area contributed by atoms with Crippen molar-refractivity contribution in [1.82, 2.24) is 14.7 Å². The van der Waals surface area contributed by atoms with E-state index in [2.05, 4.69) is 5.10 Å². The summed E-state index contributed by atoms with van der Waals surface area (Å²) in [5.74, 6) is -1.47. The van der Waals surface area contributed by atoms with Gasteiger partial charge in [-0.3, -0.25) is 14.3 Å². The monoisotopic (exact) mass is 315 g/mol. The zero-order valence-electron chi connectivity index (χ0n) is 13.1. The van der Waals surface area contributed by atoms with Crippen LogP contribution in [0.3, 0.4) is 0 Å². The second-order valence-corrected chi connectivity index (χ2v) is 5.81. The van der Waals surface area contributed by atoms with Gasteiger partial charge in [0.05, 0.1) is 11.8 Å². The third-order valence-corrected chi connectivity index (χ3v) is 4.23. The molecule has 6 heteroatoms. The van der Waals surface area contributed by atoms with Crippen molar-refractivity contribution >= 4 is 11.7 Å². The highest BCUT2D eigenvalue weighted by molar-refractivity contribution is 6.42. The molecule has 1 unspecified atom stereocenters. The van der Waals surface area contributed by atoms with Gasteiger partial charge in [-0.15, -0.1) is 0 Å². The summed E-state index contributed by atoms with van der Waals surface area (Å²) in [4.78, 5) is 26.4. The van der Waals surface area contributed by atoms with Crippen LogP contribution < -0.4 is 0 Å². The highest BCUT2D eigenvalue weighted by Gasteiger charge is 2.31. The summed E-state index contributed by atoms with van der Waals surface area (Å²) in [6.07, 6.45) is 3.59. The lowest BCUT2D eigenvalue weighted by Crippen LogP contribution is -2.45. The van der Waals surface area contributed by atoms with E-state index in [1.807, 2.05) is 13.8 Å². The van der Waals surface area contributed by atoms with Crippen molar-refractivity contribution in [2.24, 2.45) is 0 Å². The highest BCUT2D eigenvalue weighted by atomic mass is 19.1. The Morgan fingerprint density at radius 1 is 1.35 bits per heavy atom. The van der Waals surface area contributed by atoms with E-state index in [9.17, 15) is 14.0 Å². The van der Waals surface area contributed by atoms with Crippen molar-refractivity contribution in [2.75, 3.05) is 0 Å². The summed E-state index contributed by atoms with van der Waals surface area (Å²) in [7, 11) is 0. The van der Waals surface area contributed by atoms with E-state index in [1.165, 1.54) is 23.2 Å². The minimum Gasteiger partial charge on any atom is -0.328 e. The van der Waals surface area contributed by atoms with Gasteiger partial charge in [-0.2, -0.15) is 5.10 Å². The molecule has 1 aliphatic heterocycles. The summed E-state index contributed by atoms with van der Waals surface area (Å²) in [5, 5.41) is 4.03. The lowest BCUT2D eigenvalue weighted by molar-refractivity contribution is -0.129. The minimum atomic E-state index is -0.573. The highest BCUT2D eigenvalue weighted by Crippen LogP contribution is 2.24. The van der Waals surface area contributed by atoms with Crippen LogP contribution in [0.25, 0.3) is 0 Å². The molecule has 1 aliphatic rings. The minimum absolute atomic E-state index is 0.106. The first-order valence-electron chi connectivity index (χ1n) is 7.64. The number of amides is 1. The molecule has 3 rings (SSSR count). The predicted octanol–water partition coefficient (Wildman–Crippen LogP) is 2.20. The standard InChI is InChI=1S/C17H18FN3O2/c1-3-20-9-14(8-19-20)16(22)17(23)21-10-13-7-15(18)5-4-12(13)6-11(21)2/h4-5,7-9,11H,3,6,10H2,1-2H3. The Bertz CT molecular complexity index is 769. The van der Waals surface area contributed by atoms with Crippen LogP contribution in [0.1, 0.15) is 35.3 Å². The first kappa shape index (κ1) is 15.4. The number of carbonyl (C=O) groups excluding carboxylic acids is 2. The topological polar surface area (TPSA) is 55.2 Å². The Kier molecular flexibility index (Phi) is 3.98. The van der Waals surface area contributed by atoms with Crippen molar-refractivity contribution in [3.05, 3.63) is 53.1 Å². The maximum atomic E-state index is 13.4. The fourth-order valence-electron chi connectivity index (χ4n) is 2.89. The first-order chi connectivity index (χ1) is 11.0. The fourth-order valence-corrected chi connectivity index (χ4v) is 2.89. The second-order valence-electron chi connectivity index (χ2n) is 5.81. The molecule has 1 aromatic carbocycles. The Morgan fingerprint density at radius 3 is 2.83 bits per heavy atom. The van der Waals surface area contributed by atoms with Gasteiger partial charge in [0.25, 0.3) is 11.7 Å². The summed E-state index contributed by atoms with van der Waals surface area (Å²) in [6, 6.07) is 4.50. The molecule has 0 saturated carbocycles. The third-order valence-electron chi connectivity index (χ3n) is 4.23. The lowest BCUT2D eigenvalue weighted by atomic mass is 9.94. The van der Waals surface area contributed by atoms with Gasteiger partial charge < -0.3 is 4.90 Å². The second kappa shape index (κ2) is 5.95. The molecule has 120 valence electrons. The van der Waals surface area contributed by atoms with Crippen LogP contribution in [0.2, 0.25) is 0 Å². The molecule has 1 atom stereocenters. The summed E-state index contributed by atoms with van der Waals surface area (Å²) in [6.45, 7) is 4.68. The molecule has 0 radical (unpaired) electrons. The molecule has 2 aromatic rings. The van der Waals surface area contributed by atoms with E-state index in [0.29, 0.717) is 13.0 Å². The van der Waals surface area contributed by atoms with E-state index < -0.39 is 11.7 Å². The summed E-state index contributed by atoms with van der Waals surface area (Å²) in [5.41, 5.74) is 2.07. The SMILES string of the molecule is CCn1cc(C(=O)C(=O)N2Cc3cc(F)ccc3CC2C)cn1. The van der Waals surface area contributed by atoms with Gasteiger partial charge in [-0.05, 0) is 43.5 Å². The van der Waals surface area contributed by atoms with Crippen molar-refractivity contribution in [1.29, 1.82) is 0 Å². The Labute approximate surface area is 133 Å². The van der Waals surface area contributed by atoms with Gasteiger partial charge >= 0.3 is 0 Å². The molecular formula is C17H18FN3O2. The van der Waals surface area contributed by atoms with Crippen LogP contribution in [0.5, 0.6) is 0 Å². The predicted molar refractivity (Wildman–Crippen MR) is 82.3 cm³/mol. The fraction of sp³-hybridized carbons (Fsp3) is 0.353. The number of fused-ring (bicyclic) bond motifs is 1. The largest absolute Gasteiger partial charge is 0.328 e. The molecular weight excluding hydrogens is 297 g/mol. The van der Waals surface area contributed by atoms with Gasteiger partial charge in [0.15, 0.2) is 0 Å². The molecule has 0 N–H and O–H groups in total. The third kappa shape index (κ3) is 2.88. The normalized spacial score (nSPS) is 17.0. The molecule has 2 heterocycles. The van der Waals surface area contributed by atoms with Crippen molar-refractivity contribution in [2.45, 2.75) is 39.4 Å². The average molecular weight is 315 g/mol. The van der Waals surface area contributed by atoms with E-state index in [4.69, 9.17) is 0 Å². The number of Topliss-reactive ketones (excluding diaryl/α,β-unsaturated/α-hetero) is 1. The van der Waals surface area contributed by atoms with Crippen LogP contribution in [0, 0.1) is 5.82 Å². The number of hydrogen-bond donors (Lipinski definition) is 0. The quantitative estimate of drug-likeness (QED) is 0.644. The van der Waals surface area contributed by atoms with Gasteiger partial charge in [-0.25, -0.2) is 4.39 Å². The Balaban J connectivity index is 1.83. The average Bonchev–Trinajstić information content (AvgIpc) is 3.02. The van der Waals surface area contributed by atoms with Crippen molar-refractivity contribution in [3.8, 4) is 0 Å². The molecule has 0 aliphatic carbocycles. The molecule has 0 bridgehead atoms. The van der Waals surface area contributed by atoms with Gasteiger partial charge in [0.1, 0.15) is 5.82 Å². The van der Waals surface area contributed by atoms with Crippen LogP contribution in [-0.2, 0) is 24.3 Å². The van der Waals surface area contributed by atoms with E-state index >= 15 is 0 Å². The Hall–Kier alpha value is -2.50. The first-order valence-corrected chi connectivity index (χ1v) is 7.64. The number of benzene rings is 1. The number of halogens is 1. The van der Waals surface area contributed by atoms with Gasteiger partial charge in [0.2, 0.25) is 0 Å². The zero-order chi connectivity index (χ0) is 16.6. The van der Waals surface area contributed by atoms with Crippen molar-refractivity contribution < 1.29 is 14.0 Å². The summed E-state index contributed by atoms with van der Waals surface area (Å²) >= 11 is 0. The molecule has 5 nitrogen and oxygen atoms in total. The molecule has 1 amide bonds. The van der Waals surface area contributed by atoms with E-state index in [0.717, 1.165) is 11.1 Å². The number of aromatic nitrogens is 2. The molecule has 0 saturated heterocycles. The van der Waals surface area contributed by atoms with E-state index in [1.54, 1.807) is 16.9 Å². The van der Waals surface area contributed by atoms with Gasteiger partial charge in [-0.1, -0.05) is 6.07 Å². The van der Waals surface area contributed by atoms with Crippen LogP contribution >= 0.6 is 0 Å². The van der Waals surface area contributed by atoms with Gasteiger partial charge in [0, 0.05) is 25.3 Å². The number of rotatable bonds is 3. The van der Waals surface area contributed by atoms with Crippen LogP contribution in [-0.4, -0.2) is 32.4 Å². The number of hydrogen-bond acceptors (Lipinski definition) is 3. The van der Waals surface area contributed by atoms with E-state index in [-0.39, 0.29) is 24.0 Å². The Morgan fingerprint density at radius 2 is 2.13 bits per heavy atom. The molecule has 0 fully saturated rings. The molecule has 0 spiro atoms. The number of nitrogens with zero attached hydrogens (tertiary/aromatic N) is 3.